The van der Waals surface area contributed by atoms with Crippen molar-refractivity contribution in [2.24, 2.45) is 0 Å². The lowest BCUT2D eigenvalue weighted by Crippen LogP contribution is -2.48. The number of hydrogen-bond donors (Lipinski definition) is 0. The Balaban J connectivity index is 1.82. The fourth-order valence-electron chi connectivity index (χ4n) is 3.16. The first-order valence-corrected chi connectivity index (χ1v) is 8.40. The van der Waals surface area contributed by atoms with Crippen molar-refractivity contribution in [3.8, 4) is 0 Å². The number of rotatable bonds is 2. The third-order valence-electron chi connectivity index (χ3n) is 4.31. The van der Waals surface area contributed by atoms with E-state index in [0.29, 0.717) is 58.3 Å². The number of morpholine rings is 1. The van der Waals surface area contributed by atoms with Gasteiger partial charge in [-0.05, 0) is 20.5 Å². The molecule has 2 aliphatic heterocycles. The van der Waals surface area contributed by atoms with Crippen molar-refractivity contribution >= 4 is 6.03 Å². The SMILES string of the molecule is CN(C)Cc1cc(=O)n2c(n1)CN(C(=O)N1CCOCC1)CCC2. The number of carbonyl (C=O) groups is 1. The first-order chi connectivity index (χ1) is 11.5. The average Bonchev–Trinajstić information content (AvgIpc) is 2.77. The second kappa shape index (κ2) is 7.31. The van der Waals surface area contributed by atoms with Gasteiger partial charge in [-0.25, -0.2) is 9.78 Å². The highest BCUT2D eigenvalue weighted by Gasteiger charge is 2.26. The molecule has 1 saturated heterocycles. The molecule has 0 spiro atoms. The Morgan fingerprint density at radius 1 is 1.21 bits per heavy atom. The van der Waals surface area contributed by atoms with Gasteiger partial charge in [-0.2, -0.15) is 0 Å². The smallest absolute Gasteiger partial charge is 0.320 e. The lowest BCUT2D eigenvalue weighted by Gasteiger charge is -2.32. The maximum absolute atomic E-state index is 12.7. The molecule has 2 amide bonds. The van der Waals surface area contributed by atoms with Crippen LogP contribution in [0.15, 0.2) is 10.9 Å². The highest BCUT2D eigenvalue weighted by Crippen LogP contribution is 2.13. The molecule has 0 saturated carbocycles. The van der Waals surface area contributed by atoms with Crippen LogP contribution in [0.3, 0.4) is 0 Å². The van der Waals surface area contributed by atoms with E-state index >= 15 is 0 Å². The third-order valence-corrected chi connectivity index (χ3v) is 4.31. The Labute approximate surface area is 141 Å². The number of aromatic nitrogens is 2. The Morgan fingerprint density at radius 3 is 2.67 bits per heavy atom. The summed E-state index contributed by atoms with van der Waals surface area (Å²) < 4.78 is 7.01. The summed E-state index contributed by atoms with van der Waals surface area (Å²) >= 11 is 0. The van der Waals surface area contributed by atoms with Crippen molar-refractivity contribution in [2.45, 2.75) is 26.1 Å². The molecular formula is C16H25N5O3. The molecule has 8 heteroatoms. The summed E-state index contributed by atoms with van der Waals surface area (Å²) in [7, 11) is 3.89. The van der Waals surface area contributed by atoms with Crippen molar-refractivity contribution in [3.05, 3.63) is 27.9 Å². The van der Waals surface area contributed by atoms with Crippen molar-refractivity contribution < 1.29 is 9.53 Å². The van der Waals surface area contributed by atoms with Gasteiger partial charge in [-0.1, -0.05) is 0 Å². The fraction of sp³-hybridized carbons (Fsp3) is 0.688. The molecule has 132 valence electrons. The summed E-state index contributed by atoms with van der Waals surface area (Å²) in [4.78, 5) is 35.3. The summed E-state index contributed by atoms with van der Waals surface area (Å²) in [5.41, 5.74) is 0.717. The lowest BCUT2D eigenvalue weighted by atomic mass is 10.3. The van der Waals surface area contributed by atoms with Gasteiger partial charge in [-0.15, -0.1) is 0 Å². The second-order valence-corrected chi connectivity index (χ2v) is 6.55. The minimum absolute atomic E-state index is 0.0130. The largest absolute Gasteiger partial charge is 0.378 e. The van der Waals surface area contributed by atoms with Gasteiger partial charge in [0.1, 0.15) is 5.82 Å². The molecule has 24 heavy (non-hydrogen) atoms. The van der Waals surface area contributed by atoms with Gasteiger partial charge in [0.2, 0.25) is 0 Å². The van der Waals surface area contributed by atoms with Crippen molar-refractivity contribution in [3.63, 3.8) is 0 Å². The minimum Gasteiger partial charge on any atom is -0.378 e. The van der Waals surface area contributed by atoms with Crippen LogP contribution < -0.4 is 5.56 Å². The van der Waals surface area contributed by atoms with Crippen LogP contribution in [0.2, 0.25) is 0 Å². The Morgan fingerprint density at radius 2 is 1.96 bits per heavy atom. The van der Waals surface area contributed by atoms with Crippen molar-refractivity contribution in [2.75, 3.05) is 46.9 Å². The van der Waals surface area contributed by atoms with E-state index in [1.54, 1.807) is 15.5 Å². The zero-order chi connectivity index (χ0) is 17.1. The van der Waals surface area contributed by atoms with Gasteiger partial charge in [0.05, 0.1) is 25.5 Å². The molecule has 0 aliphatic carbocycles. The zero-order valence-corrected chi connectivity index (χ0v) is 14.4. The molecule has 1 aromatic heterocycles. The van der Waals surface area contributed by atoms with Crippen LogP contribution in [0.25, 0.3) is 0 Å². The summed E-state index contributed by atoms with van der Waals surface area (Å²) in [6, 6.07) is 1.61. The van der Waals surface area contributed by atoms with Gasteiger partial charge in [-0.3, -0.25) is 9.36 Å². The second-order valence-electron chi connectivity index (χ2n) is 6.55. The molecule has 3 heterocycles. The van der Waals surface area contributed by atoms with Crippen LogP contribution in [-0.2, 0) is 24.4 Å². The van der Waals surface area contributed by atoms with Crippen molar-refractivity contribution in [1.29, 1.82) is 0 Å². The molecule has 0 atom stereocenters. The van der Waals surface area contributed by atoms with Crippen LogP contribution in [0.1, 0.15) is 17.9 Å². The first-order valence-electron chi connectivity index (χ1n) is 8.40. The van der Waals surface area contributed by atoms with Crippen LogP contribution >= 0.6 is 0 Å². The highest BCUT2D eigenvalue weighted by atomic mass is 16.5. The van der Waals surface area contributed by atoms with Crippen LogP contribution in [0, 0.1) is 0 Å². The van der Waals surface area contributed by atoms with Crippen LogP contribution in [-0.4, -0.2) is 77.2 Å². The average molecular weight is 335 g/mol. The van der Waals surface area contributed by atoms with E-state index in [9.17, 15) is 9.59 Å². The van der Waals surface area contributed by atoms with Gasteiger partial charge >= 0.3 is 6.03 Å². The Bertz CT molecular complexity index is 652. The number of carbonyl (C=O) groups excluding carboxylic acids is 1. The van der Waals surface area contributed by atoms with Crippen LogP contribution in [0.5, 0.6) is 0 Å². The molecule has 0 N–H and O–H groups in total. The monoisotopic (exact) mass is 335 g/mol. The maximum Gasteiger partial charge on any atom is 0.320 e. The molecule has 0 radical (unpaired) electrons. The third kappa shape index (κ3) is 3.76. The predicted molar refractivity (Wildman–Crippen MR) is 88.7 cm³/mol. The van der Waals surface area contributed by atoms with Crippen molar-refractivity contribution in [1.82, 2.24) is 24.3 Å². The summed E-state index contributed by atoms with van der Waals surface area (Å²) in [6.07, 6.45) is 0.762. The summed E-state index contributed by atoms with van der Waals surface area (Å²) in [6.45, 7) is 4.65. The minimum atomic E-state index is -0.0301. The van der Waals surface area contributed by atoms with E-state index < -0.39 is 0 Å². The van der Waals surface area contributed by atoms with Gasteiger partial charge < -0.3 is 19.4 Å². The van der Waals surface area contributed by atoms with Gasteiger partial charge in [0.15, 0.2) is 0 Å². The van der Waals surface area contributed by atoms with E-state index in [-0.39, 0.29) is 11.6 Å². The molecule has 0 unspecified atom stereocenters. The number of fused-ring (bicyclic) bond motifs is 1. The first kappa shape index (κ1) is 16.9. The van der Waals surface area contributed by atoms with E-state index in [2.05, 4.69) is 4.98 Å². The highest BCUT2D eigenvalue weighted by molar-refractivity contribution is 5.74. The van der Waals surface area contributed by atoms with E-state index in [1.807, 2.05) is 23.9 Å². The van der Waals surface area contributed by atoms with Gasteiger partial charge in [0.25, 0.3) is 5.56 Å². The standard InChI is InChI=1S/C16H25N5O3/c1-18(2)11-13-10-15(22)21-5-3-4-20(12-14(21)17-13)16(23)19-6-8-24-9-7-19/h10H,3-9,11-12H2,1-2H3. The van der Waals surface area contributed by atoms with E-state index in [4.69, 9.17) is 4.74 Å². The van der Waals surface area contributed by atoms with E-state index in [1.165, 1.54) is 0 Å². The normalized spacial score (nSPS) is 18.5. The molecule has 2 aliphatic rings. The molecular weight excluding hydrogens is 310 g/mol. The molecule has 1 fully saturated rings. The fourth-order valence-corrected chi connectivity index (χ4v) is 3.16. The van der Waals surface area contributed by atoms with Crippen LogP contribution in [0.4, 0.5) is 4.79 Å². The molecule has 0 bridgehead atoms. The number of urea groups is 1. The van der Waals surface area contributed by atoms with E-state index in [0.717, 1.165) is 12.1 Å². The Hall–Kier alpha value is -1.93. The van der Waals surface area contributed by atoms with Gasteiger partial charge in [0, 0.05) is 38.8 Å². The number of hydrogen-bond acceptors (Lipinski definition) is 5. The number of amides is 2. The summed E-state index contributed by atoms with van der Waals surface area (Å²) in [5, 5.41) is 0. The molecule has 3 rings (SSSR count). The molecule has 1 aromatic rings. The number of nitrogens with zero attached hydrogens (tertiary/aromatic N) is 5. The maximum atomic E-state index is 12.7. The quantitative estimate of drug-likeness (QED) is 0.759. The summed E-state index contributed by atoms with van der Waals surface area (Å²) in [5.74, 6) is 0.679. The Kier molecular flexibility index (Phi) is 5.15. The predicted octanol–water partition coefficient (Wildman–Crippen LogP) is -0.0372. The topological polar surface area (TPSA) is 70.9 Å². The lowest BCUT2D eigenvalue weighted by molar-refractivity contribution is 0.0426. The molecule has 0 aromatic carbocycles. The zero-order valence-electron chi connectivity index (χ0n) is 14.4. The number of ether oxygens (including phenoxy) is 1. The molecule has 8 nitrogen and oxygen atoms in total.